The van der Waals surface area contributed by atoms with Crippen molar-refractivity contribution >= 4 is 17.3 Å². The van der Waals surface area contributed by atoms with Crippen LogP contribution in [0.1, 0.15) is 18.4 Å². The second-order valence-corrected chi connectivity index (χ2v) is 5.38. The highest BCUT2D eigenvalue weighted by molar-refractivity contribution is 5.95. The van der Waals surface area contributed by atoms with Crippen LogP contribution >= 0.6 is 0 Å². The highest BCUT2D eigenvalue weighted by Gasteiger charge is 2.37. The largest absolute Gasteiger partial charge is 0.273 e. The van der Waals surface area contributed by atoms with E-state index in [1.54, 1.807) is 12.1 Å². The molecule has 3 rings (SSSR count). The summed E-state index contributed by atoms with van der Waals surface area (Å²) >= 11 is 0. The Morgan fingerprint density at radius 3 is 2.81 bits per heavy atom. The standard InChI is InChI=1S/C15H15N3O3/c19-15(8-10-4-6-12(7-5-10)18(20)21)17-16-14-9-11-2-1-3-13(11)14/h1-2,4-7,11,13H,3,8-9H2,(H,17,19)/b16-14+/t11-,13-/m1/s1. The molecule has 1 saturated carbocycles. The molecule has 2 atom stereocenters. The number of nitrogens with zero attached hydrogens (tertiary/aromatic N) is 2. The van der Waals surface area contributed by atoms with E-state index in [0.29, 0.717) is 11.8 Å². The van der Waals surface area contributed by atoms with Crippen molar-refractivity contribution in [2.75, 3.05) is 0 Å². The summed E-state index contributed by atoms with van der Waals surface area (Å²) in [7, 11) is 0. The number of amides is 1. The number of benzene rings is 1. The van der Waals surface area contributed by atoms with Crippen LogP contribution in [0.4, 0.5) is 5.69 Å². The number of hydrazone groups is 1. The minimum absolute atomic E-state index is 0.0219. The average molecular weight is 285 g/mol. The first-order valence-electron chi connectivity index (χ1n) is 6.89. The van der Waals surface area contributed by atoms with Crippen molar-refractivity contribution in [2.24, 2.45) is 16.9 Å². The van der Waals surface area contributed by atoms with E-state index in [2.05, 4.69) is 22.7 Å². The molecule has 108 valence electrons. The molecule has 2 aliphatic carbocycles. The van der Waals surface area contributed by atoms with Crippen LogP contribution in [0.3, 0.4) is 0 Å². The molecule has 0 aliphatic heterocycles. The molecule has 6 heteroatoms. The molecule has 1 aromatic rings. The molecule has 0 unspecified atom stereocenters. The fourth-order valence-electron chi connectivity index (χ4n) is 2.76. The van der Waals surface area contributed by atoms with E-state index in [0.717, 1.165) is 24.1 Å². The number of hydrogen-bond donors (Lipinski definition) is 1. The first-order valence-corrected chi connectivity index (χ1v) is 6.89. The normalized spacial score (nSPS) is 24.5. The van der Waals surface area contributed by atoms with Gasteiger partial charge < -0.3 is 0 Å². The van der Waals surface area contributed by atoms with Crippen LogP contribution in [0.15, 0.2) is 41.5 Å². The van der Waals surface area contributed by atoms with Crippen molar-refractivity contribution in [3.63, 3.8) is 0 Å². The van der Waals surface area contributed by atoms with Crippen molar-refractivity contribution in [1.29, 1.82) is 0 Å². The lowest BCUT2D eigenvalue weighted by Crippen LogP contribution is -2.35. The van der Waals surface area contributed by atoms with Gasteiger partial charge in [0, 0.05) is 23.8 Å². The number of fused-ring (bicyclic) bond motifs is 1. The Morgan fingerprint density at radius 2 is 2.14 bits per heavy atom. The van der Waals surface area contributed by atoms with Crippen LogP contribution in [0, 0.1) is 22.0 Å². The summed E-state index contributed by atoms with van der Waals surface area (Å²) in [4.78, 5) is 21.9. The first kappa shape index (κ1) is 13.5. The molecular formula is C15H15N3O3. The van der Waals surface area contributed by atoms with Gasteiger partial charge in [0.2, 0.25) is 5.91 Å². The van der Waals surface area contributed by atoms with Crippen molar-refractivity contribution < 1.29 is 9.72 Å². The molecule has 1 N–H and O–H groups in total. The third-order valence-corrected chi connectivity index (χ3v) is 4.00. The summed E-state index contributed by atoms with van der Waals surface area (Å²) in [6, 6.07) is 5.97. The van der Waals surface area contributed by atoms with Gasteiger partial charge in [-0.05, 0) is 24.3 Å². The van der Waals surface area contributed by atoms with Crippen LogP contribution in [0.25, 0.3) is 0 Å². The van der Waals surface area contributed by atoms with E-state index in [1.165, 1.54) is 12.1 Å². The Labute approximate surface area is 121 Å². The predicted octanol–water partition coefficient (Wildman–Crippen LogP) is 2.21. The smallest absolute Gasteiger partial charge is 0.269 e. The topological polar surface area (TPSA) is 84.6 Å². The first-order chi connectivity index (χ1) is 10.1. The molecule has 21 heavy (non-hydrogen) atoms. The molecule has 0 aromatic heterocycles. The monoisotopic (exact) mass is 285 g/mol. The number of allylic oxidation sites excluding steroid dienone is 2. The van der Waals surface area contributed by atoms with Crippen LogP contribution in [-0.4, -0.2) is 16.5 Å². The van der Waals surface area contributed by atoms with Crippen molar-refractivity contribution in [1.82, 2.24) is 5.43 Å². The minimum atomic E-state index is -0.460. The van der Waals surface area contributed by atoms with Gasteiger partial charge in [0.1, 0.15) is 0 Å². The van der Waals surface area contributed by atoms with E-state index in [-0.39, 0.29) is 18.0 Å². The SMILES string of the molecule is O=C(Cc1ccc([N+](=O)[O-])cc1)N/N=C1\C[C@H]2C=CC[C@@H]12. The Morgan fingerprint density at radius 1 is 1.38 bits per heavy atom. The Balaban J connectivity index is 1.52. The zero-order valence-corrected chi connectivity index (χ0v) is 11.4. The Kier molecular flexibility index (Phi) is 3.51. The summed E-state index contributed by atoms with van der Waals surface area (Å²) < 4.78 is 0. The number of carbonyl (C=O) groups excluding carboxylic acids is 1. The number of nitrogens with one attached hydrogen (secondary N) is 1. The lowest BCUT2D eigenvalue weighted by Gasteiger charge is -2.31. The number of nitro groups is 1. The molecule has 2 aliphatic rings. The quantitative estimate of drug-likeness (QED) is 0.523. The van der Waals surface area contributed by atoms with E-state index < -0.39 is 4.92 Å². The lowest BCUT2D eigenvalue weighted by atomic mass is 9.74. The number of carbonyl (C=O) groups is 1. The lowest BCUT2D eigenvalue weighted by molar-refractivity contribution is -0.384. The summed E-state index contributed by atoms with van der Waals surface area (Å²) in [5, 5.41) is 14.7. The van der Waals surface area contributed by atoms with Gasteiger partial charge in [-0.3, -0.25) is 14.9 Å². The zero-order chi connectivity index (χ0) is 14.8. The van der Waals surface area contributed by atoms with Crippen LogP contribution in [0.5, 0.6) is 0 Å². The number of rotatable bonds is 4. The van der Waals surface area contributed by atoms with Crippen molar-refractivity contribution in [3.8, 4) is 0 Å². The summed E-state index contributed by atoms with van der Waals surface area (Å²) in [6.07, 6.45) is 6.49. The van der Waals surface area contributed by atoms with Gasteiger partial charge in [0.15, 0.2) is 0 Å². The minimum Gasteiger partial charge on any atom is -0.273 e. The maximum absolute atomic E-state index is 11.8. The molecule has 0 radical (unpaired) electrons. The zero-order valence-electron chi connectivity index (χ0n) is 11.4. The van der Waals surface area contributed by atoms with E-state index in [9.17, 15) is 14.9 Å². The third-order valence-electron chi connectivity index (χ3n) is 4.00. The van der Waals surface area contributed by atoms with Gasteiger partial charge >= 0.3 is 0 Å². The fraction of sp³-hybridized carbons (Fsp3) is 0.333. The third kappa shape index (κ3) is 2.84. The van der Waals surface area contributed by atoms with E-state index >= 15 is 0 Å². The molecule has 0 saturated heterocycles. The summed E-state index contributed by atoms with van der Waals surface area (Å²) in [5.74, 6) is 0.880. The van der Waals surface area contributed by atoms with Gasteiger partial charge in [-0.15, -0.1) is 0 Å². The Bertz CT molecular complexity index is 634. The maximum atomic E-state index is 11.8. The van der Waals surface area contributed by atoms with Gasteiger partial charge in [-0.2, -0.15) is 5.10 Å². The van der Waals surface area contributed by atoms with Crippen LogP contribution < -0.4 is 5.43 Å². The average Bonchev–Trinajstić information content (AvgIpc) is 2.81. The van der Waals surface area contributed by atoms with Gasteiger partial charge in [-0.1, -0.05) is 24.3 Å². The second-order valence-electron chi connectivity index (χ2n) is 5.38. The van der Waals surface area contributed by atoms with Gasteiger partial charge in [0.25, 0.3) is 5.69 Å². The molecule has 1 aromatic carbocycles. The van der Waals surface area contributed by atoms with Crippen LogP contribution in [0.2, 0.25) is 0 Å². The summed E-state index contributed by atoms with van der Waals surface area (Å²) in [5.41, 5.74) is 4.38. The van der Waals surface area contributed by atoms with Gasteiger partial charge in [0.05, 0.1) is 11.3 Å². The van der Waals surface area contributed by atoms with Gasteiger partial charge in [-0.25, -0.2) is 5.43 Å². The van der Waals surface area contributed by atoms with Crippen LogP contribution in [-0.2, 0) is 11.2 Å². The summed E-state index contributed by atoms with van der Waals surface area (Å²) in [6.45, 7) is 0. The van der Waals surface area contributed by atoms with Crippen molar-refractivity contribution in [2.45, 2.75) is 19.3 Å². The molecule has 0 bridgehead atoms. The number of nitro benzene ring substituents is 1. The second kappa shape index (κ2) is 5.47. The fourth-order valence-corrected chi connectivity index (χ4v) is 2.76. The molecule has 0 spiro atoms. The molecule has 1 fully saturated rings. The molecule has 1 amide bonds. The number of hydrogen-bond acceptors (Lipinski definition) is 4. The van der Waals surface area contributed by atoms with Crippen molar-refractivity contribution in [3.05, 3.63) is 52.1 Å². The number of non-ortho nitro benzene ring substituents is 1. The molecule has 0 heterocycles. The predicted molar refractivity (Wildman–Crippen MR) is 77.7 cm³/mol. The highest BCUT2D eigenvalue weighted by Crippen LogP contribution is 2.40. The molecule has 6 nitrogen and oxygen atoms in total. The highest BCUT2D eigenvalue weighted by atomic mass is 16.6. The molecular weight excluding hydrogens is 270 g/mol. The Hall–Kier alpha value is -2.50. The maximum Gasteiger partial charge on any atom is 0.269 e. The van der Waals surface area contributed by atoms with E-state index in [4.69, 9.17) is 0 Å². The van der Waals surface area contributed by atoms with E-state index in [1.807, 2.05) is 0 Å².